The Balaban J connectivity index is 1.81. The Morgan fingerprint density at radius 1 is 1.21 bits per heavy atom. The molecular weight excluding hydrogens is 266 g/mol. The lowest BCUT2D eigenvalue weighted by atomic mass is 10.0. The van der Waals surface area contributed by atoms with Crippen molar-refractivity contribution in [1.82, 2.24) is 4.31 Å². The second-order valence-corrected chi connectivity index (χ2v) is 6.95. The maximum Gasteiger partial charge on any atom is 0.244 e. The molecule has 3 rings (SSSR count). The Hall–Kier alpha value is -0.950. The summed E-state index contributed by atoms with van der Waals surface area (Å²) in [7, 11) is -3.41. The molecule has 1 aromatic carbocycles. The fourth-order valence-electron chi connectivity index (χ4n) is 2.44. The minimum Gasteiger partial charge on any atom is -0.379 e. The van der Waals surface area contributed by atoms with E-state index in [0.29, 0.717) is 26.3 Å². The Morgan fingerprint density at radius 3 is 2.47 bits per heavy atom. The van der Waals surface area contributed by atoms with Crippen LogP contribution in [0.5, 0.6) is 0 Å². The molecule has 104 valence electrons. The van der Waals surface area contributed by atoms with E-state index < -0.39 is 21.1 Å². The topological polar surface area (TPSA) is 59.1 Å². The van der Waals surface area contributed by atoms with Crippen molar-refractivity contribution in [3.63, 3.8) is 0 Å². The van der Waals surface area contributed by atoms with Crippen molar-refractivity contribution in [2.75, 3.05) is 26.3 Å². The number of morpholine rings is 1. The predicted octanol–water partition coefficient (Wildman–Crippen LogP) is 0.920. The molecule has 2 aliphatic rings. The number of sulfonamides is 1. The van der Waals surface area contributed by atoms with Crippen molar-refractivity contribution in [2.45, 2.75) is 18.0 Å². The summed E-state index contributed by atoms with van der Waals surface area (Å²) in [6.07, 6.45) is 0. The van der Waals surface area contributed by atoms with Gasteiger partial charge in [-0.25, -0.2) is 8.42 Å². The van der Waals surface area contributed by atoms with Crippen LogP contribution in [0.15, 0.2) is 30.3 Å². The summed E-state index contributed by atoms with van der Waals surface area (Å²) in [6.45, 7) is 3.55. The third kappa shape index (κ3) is 2.18. The summed E-state index contributed by atoms with van der Waals surface area (Å²) in [5.74, 6) is 0. The SMILES string of the molecule is C[C@@]1(c2ccccc2)O[C@@H]1S(=O)(=O)N1CCOCC1. The minimum atomic E-state index is -3.41. The molecule has 0 spiro atoms. The highest BCUT2D eigenvalue weighted by Gasteiger charge is 2.62. The van der Waals surface area contributed by atoms with Crippen LogP contribution in [0.3, 0.4) is 0 Å². The van der Waals surface area contributed by atoms with Crippen LogP contribution in [0.4, 0.5) is 0 Å². The van der Waals surface area contributed by atoms with Gasteiger partial charge < -0.3 is 9.47 Å². The maximum absolute atomic E-state index is 12.5. The molecule has 5 nitrogen and oxygen atoms in total. The molecule has 0 N–H and O–H groups in total. The van der Waals surface area contributed by atoms with E-state index in [1.165, 1.54) is 4.31 Å². The summed E-state index contributed by atoms with van der Waals surface area (Å²) >= 11 is 0. The molecule has 0 saturated carbocycles. The number of rotatable bonds is 3. The molecule has 0 bridgehead atoms. The van der Waals surface area contributed by atoms with Gasteiger partial charge in [0.2, 0.25) is 15.5 Å². The van der Waals surface area contributed by atoms with Gasteiger partial charge in [0.05, 0.1) is 13.2 Å². The number of benzene rings is 1. The molecule has 1 aromatic rings. The van der Waals surface area contributed by atoms with E-state index in [2.05, 4.69) is 0 Å². The van der Waals surface area contributed by atoms with Crippen molar-refractivity contribution >= 4 is 10.0 Å². The van der Waals surface area contributed by atoms with Crippen molar-refractivity contribution in [2.24, 2.45) is 0 Å². The molecule has 0 radical (unpaired) electrons. The van der Waals surface area contributed by atoms with Crippen LogP contribution in [0, 0.1) is 0 Å². The molecule has 0 aromatic heterocycles. The molecule has 2 fully saturated rings. The van der Waals surface area contributed by atoms with Gasteiger partial charge in [0.1, 0.15) is 5.60 Å². The summed E-state index contributed by atoms with van der Waals surface area (Å²) in [4.78, 5) is 0. The van der Waals surface area contributed by atoms with E-state index in [9.17, 15) is 8.42 Å². The number of nitrogens with zero attached hydrogens (tertiary/aromatic N) is 1. The zero-order chi connectivity index (χ0) is 13.5. The fraction of sp³-hybridized carbons (Fsp3) is 0.538. The minimum absolute atomic E-state index is 0.410. The van der Waals surface area contributed by atoms with Crippen LogP contribution >= 0.6 is 0 Å². The quantitative estimate of drug-likeness (QED) is 0.774. The lowest BCUT2D eigenvalue weighted by Gasteiger charge is -2.25. The second kappa shape index (κ2) is 4.56. The lowest BCUT2D eigenvalue weighted by molar-refractivity contribution is 0.0725. The largest absolute Gasteiger partial charge is 0.379 e. The molecule has 0 aliphatic carbocycles. The number of ether oxygens (including phenoxy) is 2. The third-order valence-corrected chi connectivity index (χ3v) is 5.86. The first-order chi connectivity index (χ1) is 9.05. The van der Waals surface area contributed by atoms with Crippen LogP contribution in [-0.2, 0) is 25.1 Å². The highest BCUT2D eigenvalue weighted by molar-refractivity contribution is 7.89. The molecular formula is C13H17NO4S. The van der Waals surface area contributed by atoms with Gasteiger partial charge in [-0.1, -0.05) is 30.3 Å². The zero-order valence-electron chi connectivity index (χ0n) is 10.8. The standard InChI is InChI=1S/C13H17NO4S/c1-13(11-5-3-2-4-6-11)12(18-13)19(15,16)14-7-9-17-10-8-14/h2-6,12H,7-10H2,1H3/t12-,13+/m1/s1. The van der Waals surface area contributed by atoms with E-state index in [1.54, 1.807) is 0 Å². The van der Waals surface area contributed by atoms with E-state index in [4.69, 9.17) is 9.47 Å². The summed E-state index contributed by atoms with van der Waals surface area (Å²) in [5.41, 5.74) is -0.601. The highest BCUT2D eigenvalue weighted by atomic mass is 32.2. The average Bonchev–Trinajstić information content (AvgIpc) is 3.16. The van der Waals surface area contributed by atoms with Gasteiger partial charge in [-0.3, -0.25) is 0 Å². The summed E-state index contributed by atoms with van der Waals surface area (Å²) in [5, 5.41) is 0. The number of epoxide rings is 1. The van der Waals surface area contributed by atoms with Gasteiger partial charge in [-0.2, -0.15) is 4.31 Å². The first-order valence-corrected chi connectivity index (χ1v) is 7.85. The molecule has 2 saturated heterocycles. The number of hydrogen-bond acceptors (Lipinski definition) is 4. The van der Waals surface area contributed by atoms with Crippen molar-refractivity contribution in [1.29, 1.82) is 0 Å². The van der Waals surface area contributed by atoms with Gasteiger partial charge in [0, 0.05) is 13.1 Å². The molecule has 0 unspecified atom stereocenters. The lowest BCUT2D eigenvalue weighted by Crippen LogP contribution is -2.43. The first-order valence-electron chi connectivity index (χ1n) is 6.35. The zero-order valence-corrected chi connectivity index (χ0v) is 11.6. The Kier molecular flexibility index (Phi) is 3.13. The van der Waals surface area contributed by atoms with Gasteiger partial charge in [0.25, 0.3) is 0 Å². The highest BCUT2D eigenvalue weighted by Crippen LogP contribution is 2.49. The van der Waals surface area contributed by atoms with Crippen molar-refractivity contribution in [3.8, 4) is 0 Å². The molecule has 2 aliphatic heterocycles. The van der Waals surface area contributed by atoms with Gasteiger partial charge in [-0.15, -0.1) is 0 Å². The molecule has 19 heavy (non-hydrogen) atoms. The predicted molar refractivity (Wildman–Crippen MR) is 70.0 cm³/mol. The molecule has 6 heteroatoms. The smallest absolute Gasteiger partial charge is 0.244 e. The van der Waals surface area contributed by atoms with Crippen LogP contribution in [-0.4, -0.2) is 44.5 Å². The maximum atomic E-state index is 12.5. The normalized spacial score (nSPS) is 32.2. The van der Waals surface area contributed by atoms with E-state index in [0.717, 1.165) is 5.56 Å². The number of hydrogen-bond donors (Lipinski definition) is 0. The van der Waals surface area contributed by atoms with Crippen LogP contribution in [0.2, 0.25) is 0 Å². The van der Waals surface area contributed by atoms with Crippen molar-refractivity contribution < 1.29 is 17.9 Å². The molecule has 2 atom stereocenters. The Bertz CT molecular complexity index is 553. The van der Waals surface area contributed by atoms with Crippen LogP contribution in [0.1, 0.15) is 12.5 Å². The Labute approximate surface area is 113 Å². The fourth-order valence-corrected chi connectivity index (χ4v) is 4.40. The van der Waals surface area contributed by atoms with Crippen LogP contribution < -0.4 is 0 Å². The monoisotopic (exact) mass is 283 g/mol. The third-order valence-electron chi connectivity index (χ3n) is 3.69. The van der Waals surface area contributed by atoms with E-state index in [-0.39, 0.29) is 0 Å². The van der Waals surface area contributed by atoms with Gasteiger partial charge >= 0.3 is 0 Å². The van der Waals surface area contributed by atoms with Gasteiger partial charge in [-0.05, 0) is 12.5 Å². The van der Waals surface area contributed by atoms with Gasteiger partial charge in [0.15, 0.2) is 0 Å². The first kappa shape index (κ1) is 13.1. The Morgan fingerprint density at radius 2 is 1.84 bits per heavy atom. The average molecular weight is 283 g/mol. The molecule has 0 amide bonds. The van der Waals surface area contributed by atoms with E-state index in [1.807, 2.05) is 37.3 Å². The van der Waals surface area contributed by atoms with E-state index >= 15 is 0 Å². The second-order valence-electron chi connectivity index (χ2n) is 4.98. The summed E-state index contributed by atoms with van der Waals surface area (Å²) < 4.78 is 37.2. The summed E-state index contributed by atoms with van der Waals surface area (Å²) in [6, 6.07) is 9.48. The molecule has 2 heterocycles. The van der Waals surface area contributed by atoms with Crippen LogP contribution in [0.25, 0.3) is 0 Å². The van der Waals surface area contributed by atoms with Crippen molar-refractivity contribution in [3.05, 3.63) is 35.9 Å².